The summed E-state index contributed by atoms with van der Waals surface area (Å²) >= 11 is 0. The summed E-state index contributed by atoms with van der Waals surface area (Å²) in [6.07, 6.45) is 2.26. The molecule has 1 aromatic heterocycles. The minimum Gasteiger partial charge on any atom is -0.380 e. The van der Waals surface area contributed by atoms with Gasteiger partial charge in [0.05, 0.1) is 30.4 Å². The Kier molecular flexibility index (Phi) is 3.98. The van der Waals surface area contributed by atoms with Gasteiger partial charge in [-0.15, -0.1) is 0 Å². The zero-order valence-corrected chi connectivity index (χ0v) is 11.8. The summed E-state index contributed by atoms with van der Waals surface area (Å²) < 4.78 is 5.15. The maximum Gasteiger partial charge on any atom is 0.241 e. The number of para-hydroxylation sites is 1. The van der Waals surface area contributed by atoms with Crippen LogP contribution in [0.3, 0.4) is 0 Å². The van der Waals surface area contributed by atoms with Crippen LogP contribution in [0.1, 0.15) is 17.0 Å². The Morgan fingerprint density at radius 2 is 2.33 bits per heavy atom. The van der Waals surface area contributed by atoms with E-state index in [4.69, 9.17) is 4.74 Å². The fourth-order valence-corrected chi connectivity index (χ4v) is 2.50. The van der Waals surface area contributed by atoms with Gasteiger partial charge in [-0.05, 0) is 6.07 Å². The lowest BCUT2D eigenvalue weighted by Crippen LogP contribution is -2.44. The number of aromatic nitrogens is 2. The molecule has 0 aliphatic carbocycles. The number of nitrogens with one attached hydrogen (secondary N) is 3. The van der Waals surface area contributed by atoms with Crippen LogP contribution in [0.2, 0.25) is 0 Å². The minimum atomic E-state index is -0.267. The van der Waals surface area contributed by atoms with Gasteiger partial charge in [0.2, 0.25) is 5.91 Å². The molecule has 1 atom stereocenters. The third-order valence-electron chi connectivity index (χ3n) is 3.62. The lowest BCUT2D eigenvalue weighted by molar-refractivity contribution is -0.118. The van der Waals surface area contributed by atoms with E-state index < -0.39 is 0 Å². The molecule has 1 aliphatic rings. The van der Waals surface area contributed by atoms with Crippen molar-refractivity contribution in [2.24, 2.45) is 0 Å². The number of amides is 1. The topological polar surface area (TPSA) is 79.0 Å². The van der Waals surface area contributed by atoms with E-state index >= 15 is 0 Å². The van der Waals surface area contributed by atoms with E-state index in [1.165, 1.54) is 0 Å². The number of carbonyl (C=O) groups excluding carboxylic acids is 1. The smallest absolute Gasteiger partial charge is 0.241 e. The molecule has 0 saturated heterocycles. The molecule has 0 fully saturated rings. The molecule has 110 valence electrons. The first-order valence-electron chi connectivity index (χ1n) is 6.90. The van der Waals surface area contributed by atoms with Crippen molar-refractivity contribution in [3.63, 3.8) is 0 Å². The molecule has 0 spiro atoms. The highest BCUT2D eigenvalue weighted by molar-refractivity contribution is 5.95. The Morgan fingerprint density at radius 3 is 3.19 bits per heavy atom. The quantitative estimate of drug-likeness (QED) is 0.789. The average molecular weight is 286 g/mol. The van der Waals surface area contributed by atoms with Gasteiger partial charge in [0.1, 0.15) is 0 Å². The third-order valence-corrected chi connectivity index (χ3v) is 3.62. The first-order chi connectivity index (χ1) is 10.3. The summed E-state index contributed by atoms with van der Waals surface area (Å²) in [6.45, 7) is 1.10. The van der Waals surface area contributed by atoms with E-state index in [1.54, 1.807) is 13.4 Å². The van der Waals surface area contributed by atoms with E-state index in [1.807, 2.05) is 24.3 Å². The number of methoxy groups -OCH3 is 1. The number of fused-ring (bicyclic) bond motifs is 1. The van der Waals surface area contributed by atoms with E-state index in [0.717, 1.165) is 22.6 Å². The number of anilines is 1. The van der Waals surface area contributed by atoms with Crippen LogP contribution in [0.25, 0.3) is 0 Å². The first kappa shape index (κ1) is 13.8. The Hall–Kier alpha value is -2.18. The van der Waals surface area contributed by atoms with Gasteiger partial charge in [0, 0.05) is 31.3 Å². The highest BCUT2D eigenvalue weighted by Crippen LogP contribution is 2.18. The Morgan fingerprint density at radius 1 is 1.48 bits per heavy atom. The molecule has 0 radical (unpaired) electrons. The molecule has 3 rings (SSSR count). The molecule has 21 heavy (non-hydrogen) atoms. The number of nitrogens with zero attached hydrogens (tertiary/aromatic N) is 1. The minimum absolute atomic E-state index is 0.0489. The summed E-state index contributed by atoms with van der Waals surface area (Å²) in [5.74, 6) is -0.0489. The number of aromatic amines is 1. The maximum absolute atomic E-state index is 12.4. The number of benzene rings is 1. The lowest BCUT2D eigenvalue weighted by Gasteiger charge is -2.22. The molecule has 3 N–H and O–H groups in total. The normalized spacial score (nSPS) is 17.3. The van der Waals surface area contributed by atoms with Gasteiger partial charge < -0.3 is 15.0 Å². The van der Waals surface area contributed by atoms with Crippen molar-refractivity contribution in [1.82, 2.24) is 15.3 Å². The molecule has 0 bridgehead atoms. The standard InChI is InChI=1S/C15H18N4O2/c1-21-8-10-4-2-3-5-11(10)19-15(20)13-6-12-14(7-16-13)18-9-17-12/h2-5,9,13,16H,6-8H2,1H3,(H,17,18)(H,19,20). The summed E-state index contributed by atoms with van der Waals surface area (Å²) in [7, 11) is 1.64. The number of hydrogen-bond acceptors (Lipinski definition) is 4. The zero-order valence-electron chi connectivity index (χ0n) is 11.8. The van der Waals surface area contributed by atoms with Crippen LogP contribution in [-0.2, 0) is 29.1 Å². The zero-order chi connectivity index (χ0) is 14.7. The van der Waals surface area contributed by atoms with Crippen molar-refractivity contribution in [3.05, 3.63) is 47.5 Å². The lowest BCUT2D eigenvalue weighted by atomic mass is 10.0. The molecular formula is C15H18N4O2. The number of imidazole rings is 1. The second kappa shape index (κ2) is 6.07. The largest absolute Gasteiger partial charge is 0.380 e. The number of H-pyrrole nitrogens is 1. The molecular weight excluding hydrogens is 268 g/mol. The first-order valence-corrected chi connectivity index (χ1v) is 6.90. The molecule has 2 heterocycles. The van der Waals surface area contributed by atoms with Gasteiger partial charge in [-0.2, -0.15) is 0 Å². The van der Waals surface area contributed by atoms with Gasteiger partial charge >= 0.3 is 0 Å². The fraction of sp³-hybridized carbons (Fsp3) is 0.333. The van der Waals surface area contributed by atoms with E-state index in [2.05, 4.69) is 20.6 Å². The molecule has 0 saturated carbocycles. The van der Waals surface area contributed by atoms with Crippen molar-refractivity contribution >= 4 is 11.6 Å². The molecule has 6 nitrogen and oxygen atoms in total. The molecule has 2 aromatic rings. The van der Waals surface area contributed by atoms with Crippen LogP contribution in [0.4, 0.5) is 5.69 Å². The molecule has 1 unspecified atom stereocenters. The maximum atomic E-state index is 12.4. The van der Waals surface area contributed by atoms with E-state index in [0.29, 0.717) is 19.6 Å². The molecule has 6 heteroatoms. The van der Waals surface area contributed by atoms with Crippen molar-refractivity contribution in [2.45, 2.75) is 25.6 Å². The average Bonchev–Trinajstić information content (AvgIpc) is 2.97. The molecule has 1 aliphatic heterocycles. The Balaban J connectivity index is 1.70. The van der Waals surface area contributed by atoms with Crippen LogP contribution < -0.4 is 10.6 Å². The Labute approximate surface area is 122 Å². The SMILES string of the molecule is COCc1ccccc1NC(=O)C1Cc2nc[nH]c2CN1. The van der Waals surface area contributed by atoms with Crippen LogP contribution >= 0.6 is 0 Å². The summed E-state index contributed by atoms with van der Waals surface area (Å²) in [6, 6.07) is 7.39. The van der Waals surface area contributed by atoms with Crippen LogP contribution in [0.15, 0.2) is 30.6 Å². The van der Waals surface area contributed by atoms with Gasteiger partial charge in [-0.3, -0.25) is 10.1 Å². The van der Waals surface area contributed by atoms with Gasteiger partial charge in [-0.25, -0.2) is 4.98 Å². The predicted octanol–water partition coefficient (Wildman–Crippen LogP) is 1.21. The van der Waals surface area contributed by atoms with E-state index in [-0.39, 0.29) is 11.9 Å². The third kappa shape index (κ3) is 2.96. The van der Waals surface area contributed by atoms with Crippen LogP contribution in [-0.4, -0.2) is 29.0 Å². The van der Waals surface area contributed by atoms with Crippen molar-refractivity contribution in [1.29, 1.82) is 0 Å². The highest BCUT2D eigenvalue weighted by Gasteiger charge is 2.26. The Bertz CT molecular complexity index is 638. The molecule has 1 amide bonds. The van der Waals surface area contributed by atoms with Gasteiger partial charge in [0.25, 0.3) is 0 Å². The monoisotopic (exact) mass is 286 g/mol. The number of carbonyl (C=O) groups is 1. The number of ether oxygens (including phenoxy) is 1. The number of hydrogen-bond donors (Lipinski definition) is 3. The summed E-state index contributed by atoms with van der Waals surface area (Å²) in [5, 5.41) is 6.19. The van der Waals surface area contributed by atoms with Crippen molar-refractivity contribution in [3.8, 4) is 0 Å². The van der Waals surface area contributed by atoms with Gasteiger partial charge in [-0.1, -0.05) is 18.2 Å². The van der Waals surface area contributed by atoms with E-state index in [9.17, 15) is 4.79 Å². The predicted molar refractivity (Wildman–Crippen MR) is 78.7 cm³/mol. The van der Waals surface area contributed by atoms with Crippen molar-refractivity contribution in [2.75, 3.05) is 12.4 Å². The van der Waals surface area contributed by atoms with Crippen LogP contribution in [0.5, 0.6) is 0 Å². The molecule has 1 aromatic carbocycles. The second-order valence-electron chi connectivity index (χ2n) is 5.04. The van der Waals surface area contributed by atoms with Gasteiger partial charge in [0.15, 0.2) is 0 Å². The second-order valence-corrected chi connectivity index (χ2v) is 5.04. The summed E-state index contributed by atoms with van der Waals surface area (Å²) in [4.78, 5) is 19.7. The summed E-state index contributed by atoms with van der Waals surface area (Å²) in [5.41, 5.74) is 3.77. The van der Waals surface area contributed by atoms with Crippen molar-refractivity contribution < 1.29 is 9.53 Å². The highest BCUT2D eigenvalue weighted by atomic mass is 16.5. The fourth-order valence-electron chi connectivity index (χ4n) is 2.50. The number of rotatable bonds is 4. The van der Waals surface area contributed by atoms with Crippen LogP contribution in [0, 0.1) is 0 Å².